The second-order valence-electron chi connectivity index (χ2n) is 7.09. The molecule has 0 unspecified atom stereocenters. The van der Waals surface area contributed by atoms with E-state index >= 15 is 0 Å². The third kappa shape index (κ3) is 3.87. The van der Waals surface area contributed by atoms with Crippen LogP contribution in [0.3, 0.4) is 0 Å². The van der Waals surface area contributed by atoms with Crippen molar-refractivity contribution in [1.82, 2.24) is 4.90 Å². The summed E-state index contributed by atoms with van der Waals surface area (Å²) in [5, 5.41) is 0. The predicted octanol–water partition coefficient (Wildman–Crippen LogP) is 2.56. The molecular formula is C15H27NO5. The van der Waals surface area contributed by atoms with Crippen LogP contribution in [0, 0.1) is 5.92 Å². The van der Waals surface area contributed by atoms with Crippen LogP contribution in [0.15, 0.2) is 0 Å². The molecule has 21 heavy (non-hydrogen) atoms. The fraction of sp³-hybridized carbons (Fsp3) is 0.867. The lowest BCUT2D eigenvalue weighted by atomic mass is 9.99. The summed E-state index contributed by atoms with van der Waals surface area (Å²) in [6.45, 7) is 12.7. The number of methoxy groups -OCH3 is 1. The van der Waals surface area contributed by atoms with Crippen LogP contribution in [0.4, 0.5) is 4.79 Å². The molecule has 0 aromatic carbocycles. The van der Waals surface area contributed by atoms with E-state index in [1.54, 1.807) is 34.6 Å². The van der Waals surface area contributed by atoms with E-state index in [4.69, 9.17) is 14.2 Å². The van der Waals surface area contributed by atoms with Crippen molar-refractivity contribution in [2.45, 2.75) is 71.9 Å². The maximum absolute atomic E-state index is 12.5. The minimum absolute atomic E-state index is 0.0563. The standard InChI is InChI=1S/C15H27NO5/c1-9(2)11-10(12(17)19-8)16(15(6,7)20-11)13(18)21-14(3,4)5/h9-11H,1-8H3/t10-,11+/m0/s1. The Morgan fingerprint density at radius 3 is 2.14 bits per heavy atom. The summed E-state index contributed by atoms with van der Waals surface area (Å²) < 4.78 is 16.2. The van der Waals surface area contributed by atoms with Crippen LogP contribution in [-0.2, 0) is 19.0 Å². The molecule has 2 atom stereocenters. The Labute approximate surface area is 126 Å². The van der Waals surface area contributed by atoms with Gasteiger partial charge >= 0.3 is 12.1 Å². The molecule has 6 heteroatoms. The highest BCUT2D eigenvalue weighted by Crippen LogP contribution is 2.37. The van der Waals surface area contributed by atoms with Crippen molar-refractivity contribution in [3.63, 3.8) is 0 Å². The number of amides is 1. The molecule has 0 aromatic rings. The van der Waals surface area contributed by atoms with Gasteiger partial charge in [-0.25, -0.2) is 9.59 Å². The number of nitrogens with zero attached hydrogens (tertiary/aromatic N) is 1. The molecule has 1 rings (SSSR count). The van der Waals surface area contributed by atoms with Crippen LogP contribution in [0.2, 0.25) is 0 Å². The Bertz CT molecular complexity index is 411. The molecule has 1 heterocycles. The van der Waals surface area contributed by atoms with E-state index in [0.29, 0.717) is 0 Å². The van der Waals surface area contributed by atoms with E-state index in [9.17, 15) is 9.59 Å². The quantitative estimate of drug-likeness (QED) is 0.733. The van der Waals surface area contributed by atoms with E-state index in [2.05, 4.69) is 0 Å². The molecule has 0 aromatic heterocycles. The summed E-state index contributed by atoms with van der Waals surface area (Å²) in [6.07, 6.45) is -1.01. The normalized spacial score (nSPS) is 25.1. The first kappa shape index (κ1) is 17.8. The van der Waals surface area contributed by atoms with Crippen LogP contribution >= 0.6 is 0 Å². The van der Waals surface area contributed by atoms with E-state index in [1.165, 1.54) is 12.0 Å². The van der Waals surface area contributed by atoms with Gasteiger partial charge in [0.1, 0.15) is 11.3 Å². The maximum atomic E-state index is 12.5. The number of carbonyl (C=O) groups is 2. The van der Waals surface area contributed by atoms with Gasteiger partial charge in [-0.1, -0.05) is 13.8 Å². The maximum Gasteiger partial charge on any atom is 0.413 e. The number of hydrogen-bond acceptors (Lipinski definition) is 5. The molecule has 122 valence electrons. The molecule has 6 nitrogen and oxygen atoms in total. The zero-order valence-electron chi connectivity index (χ0n) is 14.2. The lowest BCUT2D eigenvalue weighted by Gasteiger charge is -2.34. The molecule has 0 bridgehead atoms. The topological polar surface area (TPSA) is 65.1 Å². The first-order valence-corrected chi connectivity index (χ1v) is 7.18. The fourth-order valence-corrected chi connectivity index (χ4v) is 2.44. The molecule has 1 saturated heterocycles. The average Bonchev–Trinajstić information content (AvgIpc) is 2.57. The number of rotatable bonds is 2. The second kappa shape index (κ2) is 5.83. The third-order valence-electron chi connectivity index (χ3n) is 3.28. The minimum atomic E-state index is -0.934. The molecule has 0 spiro atoms. The van der Waals surface area contributed by atoms with Gasteiger partial charge < -0.3 is 14.2 Å². The van der Waals surface area contributed by atoms with Crippen molar-refractivity contribution < 1.29 is 23.8 Å². The summed E-state index contributed by atoms with van der Waals surface area (Å²) in [7, 11) is 1.30. The van der Waals surface area contributed by atoms with E-state index in [-0.39, 0.29) is 5.92 Å². The number of esters is 1. The van der Waals surface area contributed by atoms with Crippen molar-refractivity contribution in [2.24, 2.45) is 5.92 Å². The van der Waals surface area contributed by atoms with Crippen LogP contribution in [-0.4, -0.2) is 47.5 Å². The van der Waals surface area contributed by atoms with Gasteiger partial charge in [0.15, 0.2) is 6.04 Å². The molecule has 1 aliphatic heterocycles. The summed E-state index contributed by atoms with van der Waals surface area (Å²) in [4.78, 5) is 26.0. The van der Waals surface area contributed by atoms with E-state index in [0.717, 1.165) is 0 Å². The molecule has 1 fully saturated rings. The van der Waals surface area contributed by atoms with Crippen LogP contribution < -0.4 is 0 Å². The largest absolute Gasteiger partial charge is 0.467 e. The summed E-state index contributed by atoms with van der Waals surface area (Å²) in [5.41, 5.74) is -1.58. The van der Waals surface area contributed by atoms with Crippen molar-refractivity contribution >= 4 is 12.1 Å². The van der Waals surface area contributed by atoms with Gasteiger partial charge in [0.2, 0.25) is 0 Å². The Morgan fingerprint density at radius 1 is 1.24 bits per heavy atom. The van der Waals surface area contributed by atoms with Crippen LogP contribution in [0.25, 0.3) is 0 Å². The highest BCUT2D eigenvalue weighted by Gasteiger charge is 2.55. The molecule has 0 aliphatic carbocycles. The predicted molar refractivity (Wildman–Crippen MR) is 77.7 cm³/mol. The molecule has 1 amide bonds. The molecule has 0 N–H and O–H groups in total. The van der Waals surface area contributed by atoms with E-state index in [1.807, 2.05) is 13.8 Å². The SMILES string of the molecule is COC(=O)[C@@H]1[C@@H](C(C)C)OC(C)(C)N1C(=O)OC(C)(C)C. The lowest BCUT2D eigenvalue weighted by molar-refractivity contribution is -0.147. The second-order valence-corrected chi connectivity index (χ2v) is 7.09. The number of carbonyl (C=O) groups excluding carboxylic acids is 2. The molecule has 0 saturated carbocycles. The molecule has 1 aliphatic rings. The van der Waals surface area contributed by atoms with Gasteiger partial charge in [-0.3, -0.25) is 4.90 Å². The van der Waals surface area contributed by atoms with Gasteiger partial charge in [0.05, 0.1) is 13.2 Å². The Hall–Kier alpha value is -1.30. The van der Waals surface area contributed by atoms with Gasteiger partial charge in [-0.05, 0) is 40.5 Å². The first-order valence-electron chi connectivity index (χ1n) is 7.18. The Kier molecular flexibility index (Phi) is 4.93. The zero-order valence-corrected chi connectivity index (χ0v) is 14.2. The monoisotopic (exact) mass is 301 g/mol. The Morgan fingerprint density at radius 2 is 1.76 bits per heavy atom. The van der Waals surface area contributed by atoms with E-state index < -0.39 is 35.5 Å². The van der Waals surface area contributed by atoms with Crippen molar-refractivity contribution in [3.8, 4) is 0 Å². The zero-order chi connectivity index (χ0) is 16.6. The molecule has 0 radical (unpaired) electrons. The van der Waals surface area contributed by atoms with Crippen molar-refractivity contribution in [3.05, 3.63) is 0 Å². The summed E-state index contributed by atoms with van der Waals surface area (Å²) in [6, 6.07) is -0.806. The van der Waals surface area contributed by atoms with Gasteiger partial charge in [0, 0.05) is 0 Å². The Balaban J connectivity index is 3.16. The van der Waals surface area contributed by atoms with Crippen LogP contribution in [0.1, 0.15) is 48.5 Å². The fourth-order valence-electron chi connectivity index (χ4n) is 2.44. The third-order valence-corrected chi connectivity index (χ3v) is 3.28. The summed E-state index contributed by atoms with van der Waals surface area (Å²) in [5.74, 6) is -0.439. The first-order chi connectivity index (χ1) is 9.40. The minimum Gasteiger partial charge on any atom is -0.467 e. The van der Waals surface area contributed by atoms with Gasteiger partial charge in [0.25, 0.3) is 0 Å². The van der Waals surface area contributed by atoms with Crippen molar-refractivity contribution in [2.75, 3.05) is 7.11 Å². The average molecular weight is 301 g/mol. The highest BCUT2D eigenvalue weighted by atomic mass is 16.6. The van der Waals surface area contributed by atoms with Gasteiger partial charge in [-0.15, -0.1) is 0 Å². The highest BCUT2D eigenvalue weighted by molar-refractivity contribution is 5.83. The summed E-state index contributed by atoms with van der Waals surface area (Å²) >= 11 is 0. The number of ether oxygens (including phenoxy) is 3. The molecular weight excluding hydrogens is 274 g/mol. The van der Waals surface area contributed by atoms with Gasteiger partial charge in [-0.2, -0.15) is 0 Å². The van der Waals surface area contributed by atoms with Crippen LogP contribution in [0.5, 0.6) is 0 Å². The number of hydrogen-bond donors (Lipinski definition) is 0. The van der Waals surface area contributed by atoms with Crippen molar-refractivity contribution in [1.29, 1.82) is 0 Å². The lowest BCUT2D eigenvalue weighted by Crippen LogP contribution is -2.53. The smallest absolute Gasteiger partial charge is 0.413 e.